The number of alkyl halides is 3. The highest BCUT2D eigenvalue weighted by Gasteiger charge is 2.33. The van der Waals surface area contributed by atoms with E-state index >= 15 is 0 Å². The van der Waals surface area contributed by atoms with E-state index in [0.29, 0.717) is 19.0 Å². The first-order chi connectivity index (χ1) is 12.7. The Bertz CT molecular complexity index is 789. The van der Waals surface area contributed by atoms with Gasteiger partial charge in [0.1, 0.15) is 6.54 Å². The molecule has 3 amide bonds. The number of imide groups is 1. The third-order valence-corrected chi connectivity index (χ3v) is 4.01. The van der Waals surface area contributed by atoms with E-state index < -0.39 is 42.9 Å². The molecule has 27 heavy (non-hydrogen) atoms. The molecule has 146 valence electrons. The second kappa shape index (κ2) is 9.16. The van der Waals surface area contributed by atoms with Crippen molar-refractivity contribution in [1.29, 1.82) is 0 Å². The third-order valence-electron chi connectivity index (χ3n) is 3.08. The Hall–Kier alpha value is -2.89. The summed E-state index contributed by atoms with van der Waals surface area (Å²) in [5, 5.41) is 9.52. The van der Waals surface area contributed by atoms with Crippen molar-refractivity contribution in [3.63, 3.8) is 0 Å². The number of rotatable bonds is 7. The first kappa shape index (κ1) is 20.4. The smallest absolute Gasteiger partial charge is 0.435 e. The van der Waals surface area contributed by atoms with E-state index in [0.717, 1.165) is 15.8 Å². The molecule has 0 bridgehead atoms. The van der Waals surface area contributed by atoms with Crippen molar-refractivity contribution in [2.45, 2.75) is 19.1 Å². The number of ether oxygens (including phenoxy) is 1. The minimum atomic E-state index is -4.62. The van der Waals surface area contributed by atoms with Crippen LogP contribution in [0.25, 0.3) is 0 Å². The zero-order valence-corrected chi connectivity index (χ0v) is 14.6. The standard InChI is InChI=1S/C15H15F3N4O4S/c16-15(17,18)11-4-6-22(21-11)8-13(24)26-9-12(23)20-14(25)19-5-3-10-2-1-7-27-10/h1-2,4,6-7H,3,5,8-9H2,(H2,19,20,23,25). The fraction of sp³-hybridized carbons (Fsp3) is 0.333. The fourth-order valence-corrected chi connectivity index (χ4v) is 2.59. The summed E-state index contributed by atoms with van der Waals surface area (Å²) in [5.74, 6) is -1.84. The molecule has 8 nitrogen and oxygen atoms in total. The van der Waals surface area contributed by atoms with Crippen molar-refractivity contribution < 1.29 is 32.3 Å². The molecule has 0 aliphatic heterocycles. The minimum Gasteiger partial charge on any atom is -0.454 e. The van der Waals surface area contributed by atoms with Crippen molar-refractivity contribution in [1.82, 2.24) is 20.4 Å². The molecular formula is C15H15F3N4O4S. The average molecular weight is 404 g/mol. The zero-order valence-electron chi connectivity index (χ0n) is 13.8. The molecule has 0 saturated carbocycles. The number of hydrogen-bond acceptors (Lipinski definition) is 6. The van der Waals surface area contributed by atoms with Crippen LogP contribution in [0.4, 0.5) is 18.0 Å². The Labute approximate surface area is 155 Å². The summed E-state index contributed by atoms with van der Waals surface area (Å²) >= 11 is 1.54. The van der Waals surface area contributed by atoms with Gasteiger partial charge in [-0.05, 0) is 23.9 Å². The van der Waals surface area contributed by atoms with E-state index in [1.807, 2.05) is 22.8 Å². The second-order valence-electron chi connectivity index (χ2n) is 5.19. The first-order valence-electron chi connectivity index (χ1n) is 7.60. The molecule has 2 aromatic rings. The lowest BCUT2D eigenvalue weighted by Crippen LogP contribution is -2.42. The Balaban J connectivity index is 1.64. The Morgan fingerprint density at radius 3 is 2.67 bits per heavy atom. The van der Waals surface area contributed by atoms with E-state index in [-0.39, 0.29) is 0 Å². The predicted octanol–water partition coefficient (Wildman–Crippen LogP) is 1.58. The summed E-state index contributed by atoms with van der Waals surface area (Å²) < 4.78 is 42.5. The minimum absolute atomic E-state index is 0.320. The van der Waals surface area contributed by atoms with Gasteiger partial charge in [-0.2, -0.15) is 18.3 Å². The number of carbonyl (C=O) groups excluding carboxylic acids is 3. The fourth-order valence-electron chi connectivity index (χ4n) is 1.89. The molecule has 2 heterocycles. The Morgan fingerprint density at radius 1 is 1.26 bits per heavy atom. The van der Waals surface area contributed by atoms with Crippen LogP contribution in [-0.2, 0) is 33.5 Å². The van der Waals surface area contributed by atoms with Crippen LogP contribution < -0.4 is 10.6 Å². The van der Waals surface area contributed by atoms with Crippen LogP contribution in [0.3, 0.4) is 0 Å². The van der Waals surface area contributed by atoms with Gasteiger partial charge in [-0.3, -0.25) is 19.6 Å². The van der Waals surface area contributed by atoms with Crippen molar-refractivity contribution >= 4 is 29.2 Å². The Kier molecular flexibility index (Phi) is 6.93. The van der Waals surface area contributed by atoms with Gasteiger partial charge in [0, 0.05) is 17.6 Å². The molecule has 0 saturated heterocycles. The molecule has 0 aliphatic rings. The molecule has 0 fully saturated rings. The van der Waals surface area contributed by atoms with Gasteiger partial charge >= 0.3 is 18.2 Å². The quantitative estimate of drug-likeness (QED) is 0.682. The maximum absolute atomic E-state index is 12.4. The average Bonchev–Trinajstić information content (AvgIpc) is 3.24. The van der Waals surface area contributed by atoms with Crippen molar-refractivity contribution in [3.8, 4) is 0 Å². The van der Waals surface area contributed by atoms with Gasteiger partial charge in [0.2, 0.25) is 0 Å². The summed E-state index contributed by atoms with van der Waals surface area (Å²) in [6.07, 6.45) is -3.05. The van der Waals surface area contributed by atoms with Crippen LogP contribution in [0.15, 0.2) is 29.8 Å². The largest absolute Gasteiger partial charge is 0.454 e. The molecule has 2 N–H and O–H groups in total. The molecule has 2 rings (SSSR count). The molecule has 12 heteroatoms. The van der Waals surface area contributed by atoms with Gasteiger partial charge in [0.15, 0.2) is 12.3 Å². The number of thiophene rings is 1. The van der Waals surface area contributed by atoms with E-state index in [1.165, 1.54) is 11.3 Å². The molecule has 0 aromatic carbocycles. The molecule has 0 unspecified atom stereocenters. The molecule has 2 aromatic heterocycles. The highest BCUT2D eigenvalue weighted by molar-refractivity contribution is 7.09. The van der Waals surface area contributed by atoms with E-state index in [4.69, 9.17) is 0 Å². The topological polar surface area (TPSA) is 102 Å². The number of urea groups is 1. The number of hydrogen-bond donors (Lipinski definition) is 2. The molecule has 0 atom stereocenters. The van der Waals surface area contributed by atoms with Crippen LogP contribution in [-0.4, -0.2) is 40.8 Å². The van der Waals surface area contributed by atoms with Crippen LogP contribution in [0.1, 0.15) is 10.6 Å². The lowest BCUT2D eigenvalue weighted by atomic mass is 10.3. The van der Waals surface area contributed by atoms with Crippen LogP contribution >= 0.6 is 11.3 Å². The molecular weight excluding hydrogens is 389 g/mol. The number of aromatic nitrogens is 2. The number of nitrogens with one attached hydrogen (secondary N) is 2. The molecule has 0 radical (unpaired) electrons. The van der Waals surface area contributed by atoms with Crippen LogP contribution in [0.5, 0.6) is 0 Å². The lowest BCUT2D eigenvalue weighted by molar-refractivity contribution is -0.149. The Morgan fingerprint density at radius 2 is 2.04 bits per heavy atom. The van der Waals surface area contributed by atoms with Gasteiger partial charge in [0.25, 0.3) is 5.91 Å². The van der Waals surface area contributed by atoms with Gasteiger partial charge in [-0.25, -0.2) is 4.79 Å². The number of carbonyl (C=O) groups is 3. The summed E-state index contributed by atoms with van der Waals surface area (Å²) in [5.41, 5.74) is -1.15. The first-order valence-corrected chi connectivity index (χ1v) is 8.48. The molecule has 0 aliphatic carbocycles. The number of amides is 3. The third kappa shape index (κ3) is 7.09. The summed E-state index contributed by atoms with van der Waals surface area (Å²) in [7, 11) is 0. The van der Waals surface area contributed by atoms with Crippen molar-refractivity contribution in [2.75, 3.05) is 13.2 Å². The number of nitrogens with zero attached hydrogens (tertiary/aromatic N) is 2. The highest BCUT2D eigenvalue weighted by atomic mass is 32.1. The lowest BCUT2D eigenvalue weighted by Gasteiger charge is -2.07. The van der Waals surface area contributed by atoms with Crippen LogP contribution in [0, 0.1) is 0 Å². The normalized spacial score (nSPS) is 11.1. The van der Waals surface area contributed by atoms with E-state index in [1.54, 1.807) is 0 Å². The number of esters is 1. The maximum atomic E-state index is 12.4. The zero-order chi connectivity index (χ0) is 19.9. The van der Waals surface area contributed by atoms with E-state index in [9.17, 15) is 27.6 Å². The predicted molar refractivity (Wildman–Crippen MR) is 87.8 cm³/mol. The number of halogens is 3. The highest BCUT2D eigenvalue weighted by Crippen LogP contribution is 2.27. The monoisotopic (exact) mass is 404 g/mol. The van der Waals surface area contributed by atoms with Crippen molar-refractivity contribution in [3.05, 3.63) is 40.3 Å². The van der Waals surface area contributed by atoms with Gasteiger partial charge in [-0.1, -0.05) is 6.07 Å². The van der Waals surface area contributed by atoms with Gasteiger partial charge in [-0.15, -0.1) is 11.3 Å². The summed E-state index contributed by atoms with van der Waals surface area (Å²) in [6.45, 7) is -1.03. The summed E-state index contributed by atoms with van der Waals surface area (Å²) in [6, 6.07) is 3.76. The second-order valence-corrected chi connectivity index (χ2v) is 6.22. The summed E-state index contributed by atoms with van der Waals surface area (Å²) in [4.78, 5) is 35.6. The molecule has 0 spiro atoms. The van der Waals surface area contributed by atoms with Crippen LogP contribution in [0.2, 0.25) is 0 Å². The SMILES string of the molecule is O=C(COC(=O)Cn1ccc(C(F)(F)F)n1)NC(=O)NCCc1cccs1. The van der Waals surface area contributed by atoms with E-state index in [2.05, 4.69) is 15.2 Å². The van der Waals surface area contributed by atoms with Crippen molar-refractivity contribution in [2.24, 2.45) is 0 Å². The van der Waals surface area contributed by atoms with Gasteiger partial charge in [0.05, 0.1) is 0 Å². The van der Waals surface area contributed by atoms with Gasteiger partial charge < -0.3 is 10.1 Å². The maximum Gasteiger partial charge on any atom is 0.435 e.